The van der Waals surface area contributed by atoms with E-state index in [1.165, 1.54) is 6.07 Å². The molecule has 5 N–H and O–H groups in total. The first-order valence-electron chi connectivity index (χ1n) is 15.2. The highest BCUT2D eigenvalue weighted by Crippen LogP contribution is 2.49. The lowest BCUT2D eigenvalue weighted by Gasteiger charge is -2.31. The lowest BCUT2D eigenvalue weighted by atomic mass is 9.81. The smallest absolute Gasteiger partial charge is 0.343 e. The van der Waals surface area contributed by atoms with E-state index in [4.69, 9.17) is 20.2 Å². The molecular formula is C32H34FN5O7. The third kappa shape index (κ3) is 4.39. The number of cyclic esters (lactones) is 1. The second-order valence-electron chi connectivity index (χ2n) is 12.5. The molecule has 2 aromatic heterocycles. The van der Waals surface area contributed by atoms with Gasteiger partial charge in [0.2, 0.25) is 11.8 Å². The lowest BCUT2D eigenvalue weighted by Crippen LogP contribution is -2.44. The number of nitrogens with two attached hydrogens (primary N) is 1. The molecule has 45 heavy (non-hydrogen) atoms. The molecule has 1 fully saturated rings. The van der Waals surface area contributed by atoms with Gasteiger partial charge < -0.3 is 35.5 Å². The van der Waals surface area contributed by atoms with E-state index in [9.17, 15) is 24.3 Å². The van der Waals surface area contributed by atoms with Gasteiger partial charge in [0.25, 0.3) is 5.56 Å². The molecule has 1 saturated carbocycles. The van der Waals surface area contributed by atoms with Crippen LogP contribution >= 0.6 is 0 Å². The first-order valence-corrected chi connectivity index (χ1v) is 15.2. The van der Waals surface area contributed by atoms with Crippen molar-refractivity contribution in [1.82, 2.24) is 20.2 Å². The number of nitrogens with zero attached hydrogens (tertiary/aromatic N) is 2. The number of aliphatic hydroxyl groups is 1. The fourth-order valence-electron chi connectivity index (χ4n) is 7.05. The van der Waals surface area contributed by atoms with Crippen LogP contribution in [0.2, 0.25) is 0 Å². The number of nitrogens with one attached hydrogen (secondary N) is 2. The molecule has 0 spiro atoms. The summed E-state index contributed by atoms with van der Waals surface area (Å²) in [6.07, 6.45) is 2.32. The summed E-state index contributed by atoms with van der Waals surface area (Å²) >= 11 is 0. The van der Waals surface area contributed by atoms with Crippen LogP contribution in [0.3, 0.4) is 0 Å². The number of pyridine rings is 2. The van der Waals surface area contributed by atoms with Gasteiger partial charge in [-0.25, -0.2) is 14.2 Å². The molecule has 2 aliphatic carbocycles. The Balaban J connectivity index is 1.31. The van der Waals surface area contributed by atoms with E-state index in [2.05, 4.69) is 10.6 Å². The van der Waals surface area contributed by atoms with Crippen molar-refractivity contribution in [3.05, 3.63) is 61.7 Å². The molecule has 12 nitrogen and oxygen atoms in total. The molecule has 1 aromatic carbocycles. The number of hydrogen-bond donors (Lipinski definition) is 4. The second kappa shape index (κ2) is 10.4. The van der Waals surface area contributed by atoms with Crippen molar-refractivity contribution in [1.29, 1.82) is 0 Å². The van der Waals surface area contributed by atoms with Gasteiger partial charge in [0.1, 0.15) is 19.2 Å². The predicted octanol–water partition coefficient (Wildman–Crippen LogP) is 1.46. The zero-order chi connectivity index (χ0) is 31.8. The van der Waals surface area contributed by atoms with E-state index in [0.29, 0.717) is 48.2 Å². The molecule has 7 rings (SSSR count). The van der Waals surface area contributed by atoms with Crippen LogP contribution in [0.4, 0.5) is 4.39 Å². The molecule has 2 atom stereocenters. The van der Waals surface area contributed by atoms with Gasteiger partial charge in [-0.05, 0) is 61.8 Å². The van der Waals surface area contributed by atoms with Crippen molar-refractivity contribution in [2.45, 2.75) is 70.7 Å². The largest absolute Gasteiger partial charge is 0.458 e. The van der Waals surface area contributed by atoms with Gasteiger partial charge in [-0.3, -0.25) is 14.4 Å². The molecule has 4 heterocycles. The Morgan fingerprint density at radius 2 is 2.02 bits per heavy atom. The Labute approximate surface area is 257 Å². The van der Waals surface area contributed by atoms with Gasteiger partial charge >= 0.3 is 5.97 Å². The minimum atomic E-state index is -1.98. The summed E-state index contributed by atoms with van der Waals surface area (Å²) in [5.74, 6) is -1.73. The van der Waals surface area contributed by atoms with Crippen molar-refractivity contribution in [2.24, 2.45) is 11.1 Å². The van der Waals surface area contributed by atoms with Crippen LogP contribution in [0, 0.1) is 18.2 Å². The van der Waals surface area contributed by atoms with E-state index < -0.39 is 34.4 Å². The van der Waals surface area contributed by atoms with Crippen LogP contribution < -0.4 is 21.9 Å². The number of benzene rings is 1. The van der Waals surface area contributed by atoms with Gasteiger partial charge in [0.05, 0.1) is 53.6 Å². The molecule has 0 unspecified atom stereocenters. The minimum Gasteiger partial charge on any atom is -0.458 e. The average Bonchev–Trinajstić information content (AvgIpc) is 3.74. The Bertz CT molecular complexity index is 1880. The second-order valence-corrected chi connectivity index (χ2v) is 12.5. The topological polar surface area (TPSA) is 175 Å². The van der Waals surface area contributed by atoms with Crippen LogP contribution in [0.15, 0.2) is 16.9 Å². The number of rotatable bonds is 8. The van der Waals surface area contributed by atoms with Crippen LogP contribution in [0.1, 0.15) is 72.0 Å². The first-order chi connectivity index (χ1) is 21.5. The fraction of sp³-hybridized carbons (Fsp3) is 0.469. The third-order valence-corrected chi connectivity index (χ3v) is 9.95. The van der Waals surface area contributed by atoms with Crippen LogP contribution in [0.25, 0.3) is 22.3 Å². The van der Waals surface area contributed by atoms with Crippen molar-refractivity contribution in [3.8, 4) is 11.4 Å². The zero-order valence-corrected chi connectivity index (χ0v) is 25.0. The number of carbonyl (C=O) groups excluding carboxylic acids is 3. The predicted molar refractivity (Wildman–Crippen MR) is 158 cm³/mol. The number of carbonyl (C=O) groups is 3. The lowest BCUT2D eigenvalue weighted by molar-refractivity contribution is -0.172. The Kier molecular flexibility index (Phi) is 6.84. The van der Waals surface area contributed by atoms with Crippen LogP contribution in [-0.2, 0) is 49.0 Å². The number of amides is 2. The summed E-state index contributed by atoms with van der Waals surface area (Å²) in [5, 5.41) is 17.8. The Hall–Kier alpha value is -4.20. The number of fused-ring (bicyclic) bond motifs is 5. The summed E-state index contributed by atoms with van der Waals surface area (Å²) < 4.78 is 27.5. The van der Waals surface area contributed by atoms with Gasteiger partial charge in [-0.2, -0.15) is 0 Å². The number of ether oxygens (including phenoxy) is 2. The zero-order valence-electron chi connectivity index (χ0n) is 25.0. The first kappa shape index (κ1) is 29.5. The molecular weight excluding hydrogens is 585 g/mol. The average molecular weight is 620 g/mol. The number of halogens is 1. The number of aromatic nitrogens is 2. The van der Waals surface area contributed by atoms with Gasteiger partial charge in [-0.15, -0.1) is 0 Å². The van der Waals surface area contributed by atoms with Gasteiger partial charge in [0, 0.05) is 22.6 Å². The highest BCUT2D eigenvalue weighted by Gasteiger charge is 2.51. The number of aryl methyl sites for hydroxylation is 1. The van der Waals surface area contributed by atoms with Crippen LogP contribution in [-0.4, -0.2) is 52.3 Å². The monoisotopic (exact) mass is 619 g/mol. The highest BCUT2D eigenvalue weighted by atomic mass is 19.1. The van der Waals surface area contributed by atoms with E-state index in [1.807, 2.05) is 0 Å². The maximum absolute atomic E-state index is 15.2. The number of esters is 1. The molecule has 0 bridgehead atoms. The molecule has 0 radical (unpaired) electrons. The molecule has 0 saturated heterocycles. The normalized spacial score (nSPS) is 21.9. The standard InChI is InChI=1S/C32H34FN5O7/c1-3-32(43)19-8-23-27-17(11-38(23)28(40)18(19)12-45-30(32)42)26-21(5-4-16-15(2)20(33)9-22(36-27)25(16)26)37-29(41)31(6-7-31)13-44-14-35-24(39)10-34/h8-9,21,43H,3-7,10-14,34H2,1-2H3,(H,35,39)(H,37,41)/t21-,32-/m0/s1. The quantitative estimate of drug-likeness (QED) is 0.129. The Morgan fingerprint density at radius 1 is 1.24 bits per heavy atom. The molecule has 3 aromatic rings. The van der Waals surface area contributed by atoms with Gasteiger partial charge in [-0.1, -0.05) is 6.92 Å². The fourth-order valence-corrected chi connectivity index (χ4v) is 7.05. The summed E-state index contributed by atoms with van der Waals surface area (Å²) in [6, 6.07) is 2.56. The molecule has 13 heteroatoms. The SMILES string of the molecule is CC[C@@]1(O)C(=O)OCc2c1cc1n(c2=O)Cc2c-1nc1cc(F)c(C)c3c1c2[C@@H](NC(=O)C1(COCNC(=O)CN)CC1)CC3. The van der Waals surface area contributed by atoms with E-state index in [0.717, 1.165) is 22.1 Å². The molecule has 4 aliphatic rings. The minimum absolute atomic E-state index is 0.0117. The number of hydrogen-bond acceptors (Lipinski definition) is 9. The summed E-state index contributed by atoms with van der Waals surface area (Å²) in [5.41, 5.74) is 6.76. The molecule has 236 valence electrons. The van der Waals surface area contributed by atoms with E-state index in [1.54, 1.807) is 24.5 Å². The van der Waals surface area contributed by atoms with Crippen molar-refractivity contribution >= 4 is 28.7 Å². The van der Waals surface area contributed by atoms with Crippen molar-refractivity contribution in [2.75, 3.05) is 19.9 Å². The van der Waals surface area contributed by atoms with Gasteiger partial charge in [0.15, 0.2) is 5.60 Å². The Morgan fingerprint density at radius 3 is 2.73 bits per heavy atom. The summed E-state index contributed by atoms with van der Waals surface area (Å²) in [7, 11) is 0. The highest BCUT2D eigenvalue weighted by molar-refractivity contribution is 5.94. The third-order valence-electron chi connectivity index (χ3n) is 9.95. The summed E-state index contributed by atoms with van der Waals surface area (Å²) in [4.78, 5) is 56.4. The van der Waals surface area contributed by atoms with Crippen LogP contribution in [0.5, 0.6) is 0 Å². The molecule has 2 aliphatic heterocycles. The van der Waals surface area contributed by atoms with Crippen molar-refractivity contribution < 1.29 is 33.4 Å². The van der Waals surface area contributed by atoms with E-state index in [-0.39, 0.29) is 62.4 Å². The maximum atomic E-state index is 15.2. The molecule has 2 amide bonds. The maximum Gasteiger partial charge on any atom is 0.343 e. The van der Waals surface area contributed by atoms with Crippen molar-refractivity contribution in [3.63, 3.8) is 0 Å². The summed E-state index contributed by atoms with van der Waals surface area (Å²) in [6.45, 7) is 3.21. The van der Waals surface area contributed by atoms with E-state index >= 15 is 4.39 Å².